The topological polar surface area (TPSA) is 153 Å². The summed E-state index contributed by atoms with van der Waals surface area (Å²) >= 11 is 6.82. The van der Waals surface area contributed by atoms with E-state index in [0.29, 0.717) is 64.1 Å². The molecule has 1 saturated carbocycles. The van der Waals surface area contributed by atoms with Crippen molar-refractivity contribution < 1.29 is 23.2 Å². The average Bonchev–Trinajstić information content (AvgIpc) is 3.42. The van der Waals surface area contributed by atoms with Crippen LogP contribution in [-0.2, 0) is 21.5 Å². The summed E-state index contributed by atoms with van der Waals surface area (Å²) in [6.07, 6.45) is 4.38. The van der Waals surface area contributed by atoms with Crippen molar-refractivity contribution in [1.82, 2.24) is 35.2 Å². The number of amides is 1. The van der Waals surface area contributed by atoms with Crippen molar-refractivity contribution >= 4 is 34.7 Å². The number of nitrogens with one attached hydrogen (secondary N) is 2. The Labute approximate surface area is 313 Å². The van der Waals surface area contributed by atoms with Crippen LogP contribution in [0, 0.1) is 17.7 Å². The third-order valence-corrected chi connectivity index (χ3v) is 11.3. The number of carbonyl (C=O) groups excluding carboxylic acids is 1. The molecule has 276 valence electrons. The Hall–Kier alpha value is -5.60. The highest BCUT2D eigenvalue weighted by Crippen LogP contribution is 2.63. The molecule has 0 bridgehead atoms. The van der Waals surface area contributed by atoms with Crippen LogP contribution >= 0.6 is 11.6 Å². The molecule has 3 aromatic heterocycles. The number of nitrogens with zero attached hydrogens (tertiary/aromatic N) is 6. The minimum Gasteiger partial charge on any atom is -0.445 e. The number of hydrogen-bond acceptors (Lipinski definition) is 10. The van der Waals surface area contributed by atoms with Gasteiger partial charge in [0.05, 0.1) is 11.2 Å². The van der Waals surface area contributed by atoms with Crippen LogP contribution in [0.25, 0.3) is 33.8 Å². The van der Waals surface area contributed by atoms with Crippen LogP contribution in [0.1, 0.15) is 43.0 Å². The van der Waals surface area contributed by atoms with E-state index in [2.05, 4.69) is 24.9 Å². The van der Waals surface area contributed by atoms with Crippen LogP contribution in [0.15, 0.2) is 88.3 Å². The third kappa shape index (κ3) is 6.18. The average molecular weight is 751 g/mol. The lowest BCUT2D eigenvalue weighted by molar-refractivity contribution is -0.0368. The number of aromatic amines is 1. The Balaban J connectivity index is 1.00. The van der Waals surface area contributed by atoms with Crippen molar-refractivity contribution in [2.45, 2.75) is 43.9 Å². The van der Waals surface area contributed by atoms with Gasteiger partial charge in [-0.15, -0.1) is 0 Å². The molecule has 15 heteroatoms. The number of anilines is 1. The number of fused-ring (bicyclic) bond motifs is 2. The van der Waals surface area contributed by atoms with E-state index in [1.54, 1.807) is 35.1 Å². The van der Waals surface area contributed by atoms with Gasteiger partial charge in [0.25, 0.3) is 0 Å². The highest BCUT2D eigenvalue weighted by Gasteiger charge is 2.67. The van der Waals surface area contributed by atoms with Gasteiger partial charge in [-0.25, -0.2) is 28.6 Å². The summed E-state index contributed by atoms with van der Waals surface area (Å²) in [7, 11) is 0. The number of ether oxygens (including phenoxy) is 2. The molecule has 2 saturated heterocycles. The van der Waals surface area contributed by atoms with Crippen LogP contribution in [0.5, 0.6) is 0 Å². The Morgan fingerprint density at radius 3 is 2.70 bits per heavy atom. The van der Waals surface area contributed by atoms with Gasteiger partial charge in [-0.3, -0.25) is 9.51 Å². The summed E-state index contributed by atoms with van der Waals surface area (Å²) in [5.41, 5.74) is 3.78. The van der Waals surface area contributed by atoms with Gasteiger partial charge in [0.1, 0.15) is 29.5 Å². The van der Waals surface area contributed by atoms with E-state index in [-0.39, 0.29) is 42.9 Å². The summed E-state index contributed by atoms with van der Waals surface area (Å²) < 4.78 is 33.7. The van der Waals surface area contributed by atoms with E-state index in [9.17, 15) is 9.59 Å². The van der Waals surface area contributed by atoms with Crippen molar-refractivity contribution in [1.29, 1.82) is 0 Å². The minimum atomic E-state index is -0.659. The van der Waals surface area contributed by atoms with Gasteiger partial charge >= 0.3 is 11.8 Å². The van der Waals surface area contributed by atoms with Crippen molar-refractivity contribution in [2.24, 2.45) is 11.8 Å². The summed E-state index contributed by atoms with van der Waals surface area (Å²) in [6.45, 7) is 2.28. The lowest BCUT2D eigenvalue weighted by Crippen LogP contribution is -2.36. The van der Waals surface area contributed by atoms with Crippen LogP contribution in [-0.4, -0.2) is 62.2 Å². The fourth-order valence-corrected chi connectivity index (χ4v) is 8.60. The second kappa shape index (κ2) is 14.0. The molecule has 1 unspecified atom stereocenters. The quantitative estimate of drug-likeness (QED) is 0.164. The molecular weight excluding hydrogens is 715 g/mol. The zero-order valence-corrected chi connectivity index (χ0v) is 29.8. The second-order valence-corrected chi connectivity index (χ2v) is 14.4. The maximum Gasteiger partial charge on any atom is 0.439 e. The molecule has 0 spiro atoms. The molecule has 2 aliphatic heterocycles. The highest BCUT2D eigenvalue weighted by atomic mass is 35.5. The molecule has 3 fully saturated rings. The van der Waals surface area contributed by atoms with Gasteiger partial charge in [0, 0.05) is 42.8 Å². The third-order valence-electron chi connectivity index (χ3n) is 11.0. The number of rotatable bonds is 9. The summed E-state index contributed by atoms with van der Waals surface area (Å²) in [5.74, 6) is 0.197. The minimum absolute atomic E-state index is 0.0502. The molecular formula is C39H36ClFN8O5. The van der Waals surface area contributed by atoms with Gasteiger partial charge in [-0.05, 0) is 60.8 Å². The standard InChI is InChI=1S/C39H36ClFN8O5/c40-29-18-24(35-45-38(51)54-47-35)13-14-25(29)33-34-36(49(46-33)32-12-6-7-17-52-32)44-31(19-42-34)48-16-15-26-28(20-48)39(26,27-10-4-5-11-30(27)41)22-43-37(50)53-21-23-8-2-1-3-9-23/h1-5,8-11,13-14,18-19,26,28,32H,6-7,12,15-17,20-22H2,(H,43,50)(H,45,47,51)/t26-,28+,32?,39-/m1/s1. The van der Waals surface area contributed by atoms with Crippen molar-refractivity contribution in [3.63, 3.8) is 0 Å². The Kier molecular flexibility index (Phi) is 8.86. The van der Waals surface area contributed by atoms with Crippen LogP contribution in [0.3, 0.4) is 0 Å². The lowest BCUT2D eigenvalue weighted by atomic mass is 9.90. The number of hydrogen-bond donors (Lipinski definition) is 2. The molecule has 1 amide bonds. The zero-order chi connectivity index (χ0) is 36.8. The van der Waals surface area contributed by atoms with Crippen molar-refractivity contribution in [2.75, 3.05) is 31.1 Å². The summed E-state index contributed by atoms with van der Waals surface area (Å²) in [5, 5.41) is 12.1. The normalized spacial score (nSPS) is 22.2. The number of H-pyrrole nitrogens is 1. The van der Waals surface area contributed by atoms with Gasteiger partial charge < -0.3 is 19.7 Å². The molecule has 5 heterocycles. The van der Waals surface area contributed by atoms with E-state index in [1.807, 2.05) is 42.5 Å². The predicted octanol–water partition coefficient (Wildman–Crippen LogP) is 6.65. The van der Waals surface area contributed by atoms with Gasteiger partial charge in [-0.1, -0.05) is 77.4 Å². The molecule has 3 aromatic carbocycles. The molecule has 3 aliphatic rings. The Bertz CT molecular complexity index is 2400. The first-order valence-electron chi connectivity index (χ1n) is 18.1. The zero-order valence-electron chi connectivity index (χ0n) is 29.1. The molecule has 1 aliphatic carbocycles. The number of piperidine rings is 1. The fraction of sp³-hybridized carbons (Fsp3) is 0.333. The van der Waals surface area contributed by atoms with Crippen molar-refractivity contribution in [3.8, 4) is 22.6 Å². The van der Waals surface area contributed by atoms with Crippen LogP contribution < -0.4 is 16.0 Å². The summed E-state index contributed by atoms with van der Waals surface area (Å²) in [4.78, 5) is 39.2. The SMILES string of the molecule is O=C(NC[C@]1(c2ccccc2F)[C@@H]2CCN(c3cnc4c(-c5ccc(-c6noc(=O)[nH]6)cc5Cl)nn(C5CCCCO5)c4n3)C[C@@H]21)OCc1ccccc1. The molecule has 6 aromatic rings. The smallest absolute Gasteiger partial charge is 0.439 e. The fourth-order valence-electron chi connectivity index (χ4n) is 8.33. The van der Waals surface area contributed by atoms with E-state index in [1.165, 1.54) is 6.07 Å². The van der Waals surface area contributed by atoms with Gasteiger partial charge in [0.2, 0.25) is 0 Å². The highest BCUT2D eigenvalue weighted by molar-refractivity contribution is 6.33. The molecule has 54 heavy (non-hydrogen) atoms. The largest absolute Gasteiger partial charge is 0.445 e. The number of carbonyl (C=O) groups is 1. The molecule has 4 atom stereocenters. The predicted molar refractivity (Wildman–Crippen MR) is 197 cm³/mol. The first-order chi connectivity index (χ1) is 26.4. The first kappa shape index (κ1) is 34.2. The number of benzene rings is 3. The number of halogens is 2. The van der Waals surface area contributed by atoms with E-state index in [0.717, 1.165) is 31.2 Å². The Morgan fingerprint density at radius 1 is 1.07 bits per heavy atom. The second-order valence-electron chi connectivity index (χ2n) is 14.0. The lowest BCUT2D eigenvalue weighted by Gasteiger charge is -2.27. The molecule has 2 N–H and O–H groups in total. The maximum absolute atomic E-state index is 15.5. The molecule has 9 rings (SSSR count). The number of alkyl carbamates (subject to hydrolysis) is 1. The van der Waals surface area contributed by atoms with Gasteiger partial charge in [0.15, 0.2) is 17.7 Å². The molecule has 13 nitrogen and oxygen atoms in total. The Morgan fingerprint density at radius 2 is 1.93 bits per heavy atom. The van der Waals surface area contributed by atoms with Crippen LogP contribution in [0.4, 0.5) is 15.0 Å². The van der Waals surface area contributed by atoms with E-state index >= 15 is 4.39 Å². The van der Waals surface area contributed by atoms with E-state index < -0.39 is 17.3 Å². The maximum atomic E-state index is 15.5. The van der Waals surface area contributed by atoms with Crippen molar-refractivity contribution in [3.05, 3.63) is 112 Å². The molecule has 0 radical (unpaired) electrons. The monoisotopic (exact) mass is 750 g/mol. The first-order valence-corrected chi connectivity index (χ1v) is 18.4. The van der Waals surface area contributed by atoms with Gasteiger partial charge in [-0.2, -0.15) is 5.10 Å². The number of aromatic nitrogens is 6. The summed E-state index contributed by atoms with van der Waals surface area (Å²) in [6, 6.07) is 21.6. The van der Waals surface area contributed by atoms with Crippen LogP contribution in [0.2, 0.25) is 5.02 Å². The van der Waals surface area contributed by atoms with E-state index in [4.69, 9.17) is 36.1 Å².